The molecule has 100 valence electrons. The summed E-state index contributed by atoms with van der Waals surface area (Å²) in [6, 6.07) is 0. The maximum Gasteiger partial charge on any atom is 0.0690 e. The molecule has 0 unspecified atom stereocenters. The van der Waals surface area contributed by atoms with Gasteiger partial charge in [0.25, 0.3) is 0 Å². The first-order valence-electron chi connectivity index (χ1n) is 7.33. The minimum Gasteiger partial charge on any atom is -0.378 e. The van der Waals surface area contributed by atoms with Gasteiger partial charge in [0.05, 0.1) is 5.60 Å². The Bertz CT molecular complexity index is 205. The Balaban J connectivity index is 1.43. The zero-order valence-corrected chi connectivity index (χ0v) is 11.3. The fourth-order valence-electron chi connectivity index (χ4n) is 3.00. The van der Waals surface area contributed by atoms with Gasteiger partial charge in [0.15, 0.2) is 0 Å². The Morgan fingerprint density at radius 3 is 2.47 bits per heavy atom. The molecule has 1 N–H and O–H groups in total. The van der Waals surface area contributed by atoms with Gasteiger partial charge in [0.2, 0.25) is 0 Å². The summed E-state index contributed by atoms with van der Waals surface area (Å²) in [6.45, 7) is 6.21. The smallest absolute Gasteiger partial charge is 0.0690 e. The van der Waals surface area contributed by atoms with E-state index < -0.39 is 0 Å². The maximum absolute atomic E-state index is 5.61. The van der Waals surface area contributed by atoms with Crippen LogP contribution in [0.15, 0.2) is 0 Å². The molecule has 3 nitrogen and oxygen atoms in total. The lowest BCUT2D eigenvalue weighted by Gasteiger charge is -2.40. The molecule has 0 amide bonds. The molecule has 0 atom stereocenters. The molecular weight excluding hydrogens is 212 g/mol. The summed E-state index contributed by atoms with van der Waals surface area (Å²) in [5.41, 5.74) is 0.238. The number of ether oxygens (including phenoxy) is 1. The fourth-order valence-corrected chi connectivity index (χ4v) is 3.00. The summed E-state index contributed by atoms with van der Waals surface area (Å²) in [5.74, 6) is 0. The second-order valence-electron chi connectivity index (χ2n) is 5.64. The van der Waals surface area contributed by atoms with Crippen molar-refractivity contribution in [2.45, 2.75) is 50.5 Å². The summed E-state index contributed by atoms with van der Waals surface area (Å²) in [4.78, 5) is 2.59. The molecule has 0 spiro atoms. The van der Waals surface area contributed by atoms with E-state index in [9.17, 15) is 0 Å². The predicted molar refractivity (Wildman–Crippen MR) is 71.4 cm³/mol. The van der Waals surface area contributed by atoms with Gasteiger partial charge in [0.1, 0.15) is 0 Å². The second-order valence-corrected chi connectivity index (χ2v) is 5.64. The van der Waals surface area contributed by atoms with Crippen LogP contribution in [0, 0.1) is 0 Å². The van der Waals surface area contributed by atoms with Crippen LogP contribution in [0.3, 0.4) is 0 Å². The minimum absolute atomic E-state index is 0.238. The Morgan fingerprint density at radius 1 is 1.12 bits per heavy atom. The van der Waals surface area contributed by atoms with Gasteiger partial charge in [-0.05, 0) is 77.7 Å². The van der Waals surface area contributed by atoms with Crippen molar-refractivity contribution in [3.8, 4) is 0 Å². The molecule has 1 aliphatic carbocycles. The van der Waals surface area contributed by atoms with Crippen LogP contribution in [0.5, 0.6) is 0 Å². The topological polar surface area (TPSA) is 24.5 Å². The van der Waals surface area contributed by atoms with Crippen molar-refractivity contribution >= 4 is 0 Å². The third kappa shape index (κ3) is 3.94. The van der Waals surface area contributed by atoms with E-state index in [0.29, 0.717) is 0 Å². The number of hydrogen-bond donors (Lipinski definition) is 1. The van der Waals surface area contributed by atoms with Gasteiger partial charge in [0, 0.05) is 7.11 Å². The number of methoxy groups -OCH3 is 1. The largest absolute Gasteiger partial charge is 0.378 e. The Kier molecular flexibility index (Phi) is 5.26. The molecular formula is C14H28N2O. The summed E-state index contributed by atoms with van der Waals surface area (Å²) in [6.07, 6.45) is 9.17. The van der Waals surface area contributed by atoms with E-state index in [1.807, 2.05) is 7.11 Å². The third-order valence-electron chi connectivity index (χ3n) is 4.48. The zero-order valence-electron chi connectivity index (χ0n) is 11.3. The summed E-state index contributed by atoms with van der Waals surface area (Å²) in [7, 11) is 1.87. The summed E-state index contributed by atoms with van der Waals surface area (Å²) >= 11 is 0. The molecule has 2 aliphatic rings. The fraction of sp³-hybridized carbons (Fsp3) is 1.00. The average Bonchev–Trinajstić information content (AvgIpc) is 2.79. The van der Waals surface area contributed by atoms with E-state index in [1.165, 1.54) is 64.6 Å². The van der Waals surface area contributed by atoms with Crippen LogP contribution in [-0.2, 0) is 4.74 Å². The molecule has 0 aromatic carbocycles. The molecule has 2 fully saturated rings. The first-order valence-corrected chi connectivity index (χ1v) is 7.33. The first kappa shape index (κ1) is 13.3. The SMILES string of the molecule is COC1(CCNCCCN2CCCC2)CCC1. The van der Waals surface area contributed by atoms with Crippen molar-refractivity contribution in [1.82, 2.24) is 10.2 Å². The van der Waals surface area contributed by atoms with Crippen molar-refractivity contribution in [2.24, 2.45) is 0 Å². The number of likely N-dealkylation sites (tertiary alicyclic amines) is 1. The van der Waals surface area contributed by atoms with Gasteiger partial charge < -0.3 is 15.0 Å². The molecule has 0 aromatic rings. The van der Waals surface area contributed by atoms with E-state index in [-0.39, 0.29) is 5.60 Å². The highest BCUT2D eigenvalue weighted by Gasteiger charge is 2.35. The molecule has 0 aromatic heterocycles. The molecule has 0 radical (unpaired) electrons. The molecule has 1 saturated carbocycles. The van der Waals surface area contributed by atoms with Crippen molar-refractivity contribution < 1.29 is 4.74 Å². The van der Waals surface area contributed by atoms with Gasteiger partial charge >= 0.3 is 0 Å². The van der Waals surface area contributed by atoms with Crippen molar-refractivity contribution in [1.29, 1.82) is 0 Å². The molecule has 1 aliphatic heterocycles. The van der Waals surface area contributed by atoms with Crippen LogP contribution in [0.4, 0.5) is 0 Å². The maximum atomic E-state index is 5.61. The Labute approximate surface area is 106 Å². The van der Waals surface area contributed by atoms with Gasteiger partial charge in [-0.15, -0.1) is 0 Å². The minimum atomic E-state index is 0.238. The van der Waals surface area contributed by atoms with Crippen LogP contribution in [0.2, 0.25) is 0 Å². The van der Waals surface area contributed by atoms with Crippen LogP contribution in [0.25, 0.3) is 0 Å². The highest BCUT2D eigenvalue weighted by atomic mass is 16.5. The molecule has 17 heavy (non-hydrogen) atoms. The van der Waals surface area contributed by atoms with Crippen molar-refractivity contribution in [3.05, 3.63) is 0 Å². The summed E-state index contributed by atoms with van der Waals surface area (Å²) in [5, 5.41) is 3.56. The number of nitrogens with one attached hydrogen (secondary N) is 1. The zero-order chi connectivity index (χ0) is 12.0. The van der Waals surface area contributed by atoms with Crippen molar-refractivity contribution in [3.63, 3.8) is 0 Å². The number of hydrogen-bond acceptors (Lipinski definition) is 3. The highest BCUT2D eigenvalue weighted by Crippen LogP contribution is 2.37. The standard InChI is InChI=1S/C14H28N2O/c1-17-14(6-4-7-14)8-10-15-9-5-13-16-11-2-3-12-16/h15H,2-13H2,1H3. The quantitative estimate of drug-likeness (QED) is 0.657. The van der Waals surface area contributed by atoms with Gasteiger partial charge in [-0.3, -0.25) is 0 Å². The number of rotatable bonds is 8. The highest BCUT2D eigenvalue weighted by molar-refractivity contribution is 4.89. The molecule has 3 heteroatoms. The van der Waals surface area contributed by atoms with Gasteiger partial charge in [-0.2, -0.15) is 0 Å². The van der Waals surface area contributed by atoms with Crippen molar-refractivity contribution in [2.75, 3.05) is 39.8 Å². The Hall–Kier alpha value is -0.120. The average molecular weight is 240 g/mol. The number of nitrogens with zero attached hydrogens (tertiary/aromatic N) is 1. The molecule has 1 heterocycles. The lowest BCUT2D eigenvalue weighted by atomic mass is 9.77. The van der Waals surface area contributed by atoms with Crippen LogP contribution in [0.1, 0.15) is 44.9 Å². The molecule has 0 bridgehead atoms. The monoisotopic (exact) mass is 240 g/mol. The lowest BCUT2D eigenvalue weighted by Crippen LogP contribution is -2.41. The van der Waals surface area contributed by atoms with Gasteiger partial charge in [-0.1, -0.05) is 0 Å². The Morgan fingerprint density at radius 2 is 1.88 bits per heavy atom. The third-order valence-corrected chi connectivity index (χ3v) is 4.48. The van der Waals surface area contributed by atoms with Gasteiger partial charge in [-0.25, -0.2) is 0 Å². The van der Waals surface area contributed by atoms with E-state index in [1.54, 1.807) is 0 Å². The second kappa shape index (κ2) is 6.72. The molecule has 1 saturated heterocycles. The van der Waals surface area contributed by atoms with E-state index in [0.717, 1.165) is 13.1 Å². The van der Waals surface area contributed by atoms with E-state index in [2.05, 4.69) is 10.2 Å². The van der Waals surface area contributed by atoms with Crippen LogP contribution in [-0.4, -0.2) is 50.3 Å². The normalized spacial score (nSPS) is 23.8. The van der Waals surface area contributed by atoms with Crippen LogP contribution >= 0.6 is 0 Å². The lowest BCUT2D eigenvalue weighted by molar-refractivity contribution is -0.0767. The molecule has 2 rings (SSSR count). The summed E-state index contributed by atoms with van der Waals surface area (Å²) < 4.78 is 5.61. The van der Waals surface area contributed by atoms with Crippen LogP contribution < -0.4 is 5.32 Å². The van der Waals surface area contributed by atoms with E-state index >= 15 is 0 Å². The first-order chi connectivity index (χ1) is 8.35. The van der Waals surface area contributed by atoms with E-state index in [4.69, 9.17) is 4.74 Å². The predicted octanol–water partition coefficient (Wildman–Crippen LogP) is 2.02.